The molecule has 0 aliphatic rings. The van der Waals surface area contributed by atoms with Crippen molar-refractivity contribution in [1.82, 2.24) is 4.90 Å². The van der Waals surface area contributed by atoms with E-state index in [2.05, 4.69) is 48.8 Å². The molecule has 21 heavy (non-hydrogen) atoms. The minimum absolute atomic E-state index is 0.664. The first-order valence-electron chi connectivity index (χ1n) is 8.11. The third-order valence-electron chi connectivity index (χ3n) is 3.96. The van der Waals surface area contributed by atoms with Crippen molar-refractivity contribution in [3.05, 3.63) is 28.8 Å². The minimum atomic E-state index is 0.664. The highest BCUT2D eigenvalue weighted by Crippen LogP contribution is 2.27. The first-order valence-corrected chi connectivity index (χ1v) is 8.49. The van der Waals surface area contributed by atoms with E-state index in [1.54, 1.807) is 0 Å². The summed E-state index contributed by atoms with van der Waals surface area (Å²) in [4.78, 5) is 4.82. The van der Waals surface area contributed by atoms with E-state index in [-0.39, 0.29) is 0 Å². The van der Waals surface area contributed by atoms with Crippen molar-refractivity contribution in [2.24, 2.45) is 5.73 Å². The summed E-state index contributed by atoms with van der Waals surface area (Å²) >= 11 is 6.44. The number of nitrogens with zero attached hydrogens (tertiary/aromatic N) is 2. The Balaban J connectivity index is 2.63. The number of rotatable bonds is 10. The zero-order chi connectivity index (χ0) is 15.7. The van der Waals surface area contributed by atoms with Crippen LogP contribution in [-0.4, -0.2) is 44.2 Å². The minimum Gasteiger partial charge on any atom is -0.371 e. The van der Waals surface area contributed by atoms with Gasteiger partial charge in [-0.3, -0.25) is 0 Å². The van der Waals surface area contributed by atoms with Gasteiger partial charge < -0.3 is 15.5 Å². The van der Waals surface area contributed by atoms with Crippen LogP contribution in [0.15, 0.2) is 18.2 Å². The van der Waals surface area contributed by atoms with Crippen molar-refractivity contribution in [2.75, 3.05) is 44.2 Å². The van der Waals surface area contributed by atoms with Crippen molar-refractivity contribution < 1.29 is 0 Å². The van der Waals surface area contributed by atoms with E-state index in [0.717, 1.165) is 56.3 Å². The smallest absolute Gasteiger partial charge is 0.0642 e. The highest BCUT2D eigenvalue weighted by molar-refractivity contribution is 6.33. The average molecular weight is 312 g/mol. The lowest BCUT2D eigenvalue weighted by molar-refractivity contribution is 0.301. The predicted molar refractivity (Wildman–Crippen MR) is 94.5 cm³/mol. The second-order valence-electron chi connectivity index (χ2n) is 5.28. The maximum atomic E-state index is 6.44. The third kappa shape index (κ3) is 5.85. The lowest BCUT2D eigenvalue weighted by atomic mass is 10.1. The van der Waals surface area contributed by atoms with Crippen LogP contribution < -0.4 is 10.6 Å². The Hall–Kier alpha value is -0.770. The molecule has 3 nitrogen and oxygen atoms in total. The normalized spacial score (nSPS) is 11.1. The molecule has 1 aromatic rings. The van der Waals surface area contributed by atoms with Crippen LogP contribution in [0.1, 0.15) is 32.8 Å². The molecule has 0 bridgehead atoms. The number of hydrogen-bond donors (Lipinski definition) is 1. The summed E-state index contributed by atoms with van der Waals surface area (Å²) in [5, 5.41) is 0.839. The number of anilines is 1. The van der Waals surface area contributed by atoms with Crippen molar-refractivity contribution in [2.45, 2.75) is 33.6 Å². The lowest BCUT2D eigenvalue weighted by Gasteiger charge is -2.26. The third-order valence-corrected chi connectivity index (χ3v) is 4.27. The van der Waals surface area contributed by atoms with Crippen molar-refractivity contribution >= 4 is 17.3 Å². The zero-order valence-electron chi connectivity index (χ0n) is 13.7. The van der Waals surface area contributed by atoms with Gasteiger partial charge in [0, 0.05) is 13.1 Å². The number of halogens is 1. The van der Waals surface area contributed by atoms with Crippen LogP contribution in [0.2, 0.25) is 5.02 Å². The fourth-order valence-electron chi connectivity index (χ4n) is 2.60. The van der Waals surface area contributed by atoms with Crippen molar-refractivity contribution in [3.63, 3.8) is 0 Å². The van der Waals surface area contributed by atoms with Crippen LogP contribution in [0, 0.1) is 0 Å². The van der Waals surface area contributed by atoms with E-state index >= 15 is 0 Å². The van der Waals surface area contributed by atoms with Gasteiger partial charge in [-0.1, -0.05) is 31.5 Å². The molecule has 0 atom stereocenters. The summed E-state index contributed by atoms with van der Waals surface area (Å²) in [5.41, 5.74) is 7.95. The molecule has 4 heteroatoms. The molecule has 1 rings (SSSR count). The van der Waals surface area contributed by atoms with Crippen LogP contribution in [0.25, 0.3) is 0 Å². The molecule has 0 aliphatic heterocycles. The van der Waals surface area contributed by atoms with E-state index in [0.29, 0.717) is 6.54 Å². The number of hydrogen-bond acceptors (Lipinski definition) is 3. The fourth-order valence-corrected chi connectivity index (χ4v) is 2.93. The van der Waals surface area contributed by atoms with Gasteiger partial charge in [0.1, 0.15) is 0 Å². The topological polar surface area (TPSA) is 32.5 Å². The molecule has 0 spiro atoms. The predicted octanol–water partition coefficient (Wildman–Crippen LogP) is 3.40. The number of nitrogens with two attached hydrogens (primary N) is 1. The monoisotopic (exact) mass is 311 g/mol. The van der Waals surface area contributed by atoms with Gasteiger partial charge in [-0.2, -0.15) is 0 Å². The molecule has 0 aliphatic carbocycles. The Morgan fingerprint density at radius 1 is 1.05 bits per heavy atom. The van der Waals surface area contributed by atoms with Gasteiger partial charge in [-0.05, 0) is 63.6 Å². The SMILES string of the molecule is CCN(CC)CCCN(CC)c1ccc(CCN)cc1Cl. The van der Waals surface area contributed by atoms with Gasteiger partial charge in [0.2, 0.25) is 0 Å². The van der Waals surface area contributed by atoms with Gasteiger partial charge in [0.25, 0.3) is 0 Å². The Morgan fingerprint density at radius 3 is 2.29 bits per heavy atom. The summed E-state index contributed by atoms with van der Waals surface area (Å²) in [6, 6.07) is 6.33. The van der Waals surface area contributed by atoms with E-state index in [9.17, 15) is 0 Å². The molecule has 0 saturated carbocycles. The number of benzene rings is 1. The second kappa shape index (κ2) is 10.0. The second-order valence-corrected chi connectivity index (χ2v) is 5.69. The van der Waals surface area contributed by atoms with Crippen LogP contribution in [0.5, 0.6) is 0 Å². The van der Waals surface area contributed by atoms with Crippen molar-refractivity contribution in [1.29, 1.82) is 0 Å². The molecular weight excluding hydrogens is 282 g/mol. The van der Waals surface area contributed by atoms with Gasteiger partial charge in [-0.25, -0.2) is 0 Å². The Morgan fingerprint density at radius 2 is 1.76 bits per heavy atom. The van der Waals surface area contributed by atoms with E-state index in [1.165, 1.54) is 5.56 Å². The van der Waals surface area contributed by atoms with Crippen LogP contribution in [0.3, 0.4) is 0 Å². The molecule has 1 aromatic carbocycles. The summed E-state index contributed by atoms with van der Waals surface area (Å²) in [7, 11) is 0. The Kier molecular flexibility index (Phi) is 8.74. The van der Waals surface area contributed by atoms with Gasteiger partial charge in [0.05, 0.1) is 10.7 Å². The van der Waals surface area contributed by atoms with Gasteiger partial charge >= 0.3 is 0 Å². The maximum Gasteiger partial charge on any atom is 0.0642 e. The summed E-state index contributed by atoms with van der Waals surface area (Å²) < 4.78 is 0. The fraction of sp³-hybridized carbons (Fsp3) is 0.647. The molecule has 0 radical (unpaired) electrons. The van der Waals surface area contributed by atoms with Crippen molar-refractivity contribution in [3.8, 4) is 0 Å². The van der Waals surface area contributed by atoms with Crippen LogP contribution in [-0.2, 0) is 6.42 Å². The highest BCUT2D eigenvalue weighted by Gasteiger charge is 2.10. The molecule has 0 amide bonds. The average Bonchev–Trinajstić information content (AvgIpc) is 2.49. The standard InChI is InChI=1S/C17H30ClN3/c1-4-20(5-2)12-7-13-21(6-3)17-9-8-15(10-11-19)14-16(17)18/h8-9,14H,4-7,10-13,19H2,1-3H3. The van der Waals surface area contributed by atoms with Crippen LogP contribution >= 0.6 is 11.6 Å². The molecule has 0 unspecified atom stereocenters. The Bertz CT molecular complexity index is 405. The molecule has 0 fully saturated rings. The molecular formula is C17H30ClN3. The van der Waals surface area contributed by atoms with E-state index in [4.69, 9.17) is 17.3 Å². The van der Waals surface area contributed by atoms with Crippen LogP contribution in [0.4, 0.5) is 5.69 Å². The largest absolute Gasteiger partial charge is 0.371 e. The zero-order valence-corrected chi connectivity index (χ0v) is 14.5. The summed E-state index contributed by atoms with van der Waals surface area (Å²) in [6.07, 6.45) is 2.05. The molecule has 0 heterocycles. The Labute approximate surface area is 135 Å². The molecule has 0 saturated heterocycles. The summed E-state index contributed by atoms with van der Waals surface area (Å²) in [6.45, 7) is 12.7. The quantitative estimate of drug-likeness (QED) is 0.719. The van der Waals surface area contributed by atoms with E-state index in [1.807, 2.05) is 0 Å². The van der Waals surface area contributed by atoms with Gasteiger partial charge in [0.15, 0.2) is 0 Å². The highest BCUT2D eigenvalue weighted by atomic mass is 35.5. The molecule has 2 N–H and O–H groups in total. The molecule has 0 aromatic heterocycles. The summed E-state index contributed by atoms with van der Waals surface area (Å²) in [5.74, 6) is 0. The first kappa shape index (κ1) is 18.3. The molecule has 120 valence electrons. The maximum absolute atomic E-state index is 6.44. The lowest BCUT2D eigenvalue weighted by Crippen LogP contribution is -2.30. The van der Waals surface area contributed by atoms with E-state index < -0.39 is 0 Å². The first-order chi connectivity index (χ1) is 10.2. The van der Waals surface area contributed by atoms with Gasteiger partial charge in [-0.15, -0.1) is 0 Å².